The summed E-state index contributed by atoms with van der Waals surface area (Å²) in [6.07, 6.45) is 1.36. The van der Waals surface area contributed by atoms with Crippen LogP contribution in [0.3, 0.4) is 0 Å². The second-order valence-corrected chi connectivity index (χ2v) is 7.18. The van der Waals surface area contributed by atoms with Crippen LogP contribution in [0, 0.1) is 0 Å². The molecule has 0 aliphatic heterocycles. The average molecular weight is 273 g/mol. The zero-order valence-corrected chi connectivity index (χ0v) is 11.6. The number of aromatic nitrogens is 1. The lowest BCUT2D eigenvalue weighted by molar-refractivity contribution is -0.113. The molecule has 1 aromatic heterocycles. The average Bonchev–Trinajstić information content (AvgIpc) is 2.62. The van der Waals surface area contributed by atoms with E-state index in [9.17, 15) is 9.59 Å². The van der Waals surface area contributed by atoms with Crippen LogP contribution in [-0.4, -0.2) is 27.3 Å². The van der Waals surface area contributed by atoms with Crippen LogP contribution in [0.1, 0.15) is 30.4 Å². The molecular weight excluding hydrogens is 258 g/mol. The normalized spacial score (nSPS) is 11.2. The van der Waals surface area contributed by atoms with E-state index in [1.54, 1.807) is 11.8 Å². The third kappa shape index (κ3) is 5.18. The fraction of sp³-hybridized carbons (Fsp3) is 0.500. The molecule has 0 radical (unpaired) electrons. The van der Waals surface area contributed by atoms with Crippen LogP contribution in [0.5, 0.6) is 0 Å². The van der Waals surface area contributed by atoms with Crippen molar-refractivity contribution >= 4 is 40.0 Å². The first-order valence-electron chi connectivity index (χ1n) is 4.97. The topological polar surface area (TPSA) is 85.1 Å². The molecule has 5 nitrogen and oxygen atoms in total. The Morgan fingerprint density at radius 1 is 1.53 bits per heavy atom. The van der Waals surface area contributed by atoms with Gasteiger partial charge in [-0.1, -0.05) is 32.1 Å². The van der Waals surface area contributed by atoms with Crippen molar-refractivity contribution in [2.24, 2.45) is 5.73 Å². The van der Waals surface area contributed by atoms with E-state index < -0.39 is 5.91 Å². The van der Waals surface area contributed by atoms with E-state index in [1.165, 1.54) is 6.20 Å². The molecule has 2 amide bonds. The summed E-state index contributed by atoms with van der Waals surface area (Å²) in [7, 11) is 0. The maximum Gasteiger partial charge on any atom is 0.260 e. The first-order chi connectivity index (χ1) is 7.78. The van der Waals surface area contributed by atoms with Crippen molar-refractivity contribution in [3.05, 3.63) is 11.1 Å². The summed E-state index contributed by atoms with van der Waals surface area (Å²) in [5.74, 6) is -0.308. The Bertz CT molecular complexity index is 423. The van der Waals surface area contributed by atoms with Crippen LogP contribution in [0.25, 0.3) is 0 Å². The fourth-order valence-electron chi connectivity index (χ4n) is 0.883. The molecular formula is C10H15N3O2S2. The van der Waals surface area contributed by atoms with E-state index in [-0.39, 0.29) is 10.7 Å². The number of nitrogens with zero attached hydrogens (tertiary/aromatic N) is 1. The number of rotatable bonds is 4. The minimum Gasteiger partial charge on any atom is -0.365 e. The zero-order chi connectivity index (χ0) is 13.1. The Kier molecular flexibility index (Phi) is 4.53. The lowest BCUT2D eigenvalue weighted by Gasteiger charge is -2.16. The van der Waals surface area contributed by atoms with Crippen LogP contribution in [0.2, 0.25) is 0 Å². The Balaban J connectivity index is 2.48. The Labute approximate surface area is 108 Å². The third-order valence-corrected chi connectivity index (χ3v) is 3.83. The third-order valence-electron chi connectivity index (χ3n) is 1.63. The molecule has 0 unspecified atom stereocenters. The van der Waals surface area contributed by atoms with Gasteiger partial charge in [0.1, 0.15) is 4.88 Å². The lowest BCUT2D eigenvalue weighted by atomic mass is 10.3. The van der Waals surface area contributed by atoms with Gasteiger partial charge in [0.15, 0.2) is 5.13 Å². The summed E-state index contributed by atoms with van der Waals surface area (Å²) in [6, 6.07) is 0. The first kappa shape index (κ1) is 14.0. The number of anilines is 1. The number of thiazole rings is 1. The van der Waals surface area contributed by atoms with Crippen molar-refractivity contribution in [1.29, 1.82) is 0 Å². The Morgan fingerprint density at radius 2 is 2.18 bits per heavy atom. The molecule has 0 spiro atoms. The van der Waals surface area contributed by atoms with E-state index in [2.05, 4.69) is 10.3 Å². The SMILES string of the molecule is CC(C)(C)SCC(=O)Nc1ncc(C(N)=O)s1. The van der Waals surface area contributed by atoms with Gasteiger partial charge in [-0.25, -0.2) is 4.98 Å². The summed E-state index contributed by atoms with van der Waals surface area (Å²) in [5.41, 5.74) is 5.09. The van der Waals surface area contributed by atoms with E-state index in [0.717, 1.165) is 11.3 Å². The number of nitrogens with one attached hydrogen (secondary N) is 1. The molecule has 1 rings (SSSR count). The molecule has 94 valence electrons. The maximum atomic E-state index is 11.6. The standard InChI is InChI=1S/C10H15N3O2S2/c1-10(2,3)16-5-7(14)13-9-12-4-6(17-9)8(11)15/h4H,5H2,1-3H3,(H2,11,15)(H,12,13,14). The minimum absolute atomic E-state index is 0.0403. The van der Waals surface area contributed by atoms with Crippen LogP contribution in [-0.2, 0) is 4.79 Å². The molecule has 3 N–H and O–H groups in total. The maximum absolute atomic E-state index is 11.6. The number of nitrogens with two attached hydrogens (primary N) is 1. The Hall–Kier alpha value is -1.08. The molecule has 17 heavy (non-hydrogen) atoms. The summed E-state index contributed by atoms with van der Waals surface area (Å²) in [5, 5.41) is 3.03. The number of hydrogen-bond acceptors (Lipinski definition) is 5. The smallest absolute Gasteiger partial charge is 0.260 e. The van der Waals surface area contributed by atoms with E-state index in [0.29, 0.717) is 15.8 Å². The van der Waals surface area contributed by atoms with Gasteiger partial charge in [-0.05, 0) is 0 Å². The van der Waals surface area contributed by atoms with Crippen molar-refractivity contribution in [2.45, 2.75) is 25.5 Å². The molecule has 0 saturated heterocycles. The van der Waals surface area contributed by atoms with Gasteiger partial charge in [0, 0.05) is 4.75 Å². The fourth-order valence-corrected chi connectivity index (χ4v) is 2.20. The lowest BCUT2D eigenvalue weighted by Crippen LogP contribution is -2.18. The summed E-state index contributed by atoms with van der Waals surface area (Å²) >= 11 is 2.62. The number of carbonyl (C=O) groups excluding carboxylic acids is 2. The highest BCUT2D eigenvalue weighted by Gasteiger charge is 2.14. The molecule has 0 aliphatic rings. The largest absolute Gasteiger partial charge is 0.365 e. The molecule has 0 bridgehead atoms. The monoisotopic (exact) mass is 273 g/mol. The van der Waals surface area contributed by atoms with Gasteiger partial charge in [-0.2, -0.15) is 0 Å². The highest BCUT2D eigenvalue weighted by molar-refractivity contribution is 8.01. The number of thioether (sulfide) groups is 1. The van der Waals surface area contributed by atoms with E-state index in [4.69, 9.17) is 5.73 Å². The van der Waals surface area contributed by atoms with Crippen LogP contribution in [0.4, 0.5) is 5.13 Å². The van der Waals surface area contributed by atoms with Gasteiger partial charge in [0.2, 0.25) is 5.91 Å². The molecule has 0 fully saturated rings. The summed E-state index contributed by atoms with van der Waals surface area (Å²) in [4.78, 5) is 26.6. The molecule has 7 heteroatoms. The number of primary amides is 1. The minimum atomic E-state index is -0.535. The number of carbonyl (C=O) groups is 2. The van der Waals surface area contributed by atoms with Crippen molar-refractivity contribution in [1.82, 2.24) is 4.98 Å². The van der Waals surface area contributed by atoms with Gasteiger partial charge in [-0.15, -0.1) is 11.8 Å². The molecule has 0 aromatic carbocycles. The molecule has 0 aliphatic carbocycles. The predicted molar refractivity (Wildman–Crippen MR) is 71.5 cm³/mol. The summed E-state index contributed by atoms with van der Waals surface area (Å²) in [6.45, 7) is 6.12. The van der Waals surface area contributed by atoms with Crippen LogP contribution in [0.15, 0.2) is 6.20 Å². The van der Waals surface area contributed by atoms with Crippen molar-refractivity contribution < 1.29 is 9.59 Å². The molecule has 1 heterocycles. The zero-order valence-electron chi connectivity index (χ0n) is 9.94. The highest BCUT2D eigenvalue weighted by atomic mass is 32.2. The predicted octanol–water partition coefficient (Wildman–Crippen LogP) is 1.71. The second kappa shape index (κ2) is 5.50. The van der Waals surface area contributed by atoms with Crippen molar-refractivity contribution in [3.8, 4) is 0 Å². The van der Waals surface area contributed by atoms with Crippen molar-refractivity contribution in [3.63, 3.8) is 0 Å². The van der Waals surface area contributed by atoms with Gasteiger partial charge >= 0.3 is 0 Å². The second-order valence-electron chi connectivity index (χ2n) is 4.34. The molecule has 0 atom stereocenters. The molecule has 1 aromatic rings. The summed E-state index contributed by atoms with van der Waals surface area (Å²) < 4.78 is 0.0403. The first-order valence-corrected chi connectivity index (χ1v) is 6.77. The van der Waals surface area contributed by atoms with Crippen LogP contribution < -0.4 is 11.1 Å². The van der Waals surface area contributed by atoms with E-state index in [1.807, 2.05) is 20.8 Å². The van der Waals surface area contributed by atoms with Gasteiger partial charge in [-0.3, -0.25) is 9.59 Å². The quantitative estimate of drug-likeness (QED) is 0.874. The van der Waals surface area contributed by atoms with Gasteiger partial charge in [0.05, 0.1) is 11.9 Å². The van der Waals surface area contributed by atoms with Gasteiger partial charge in [0.25, 0.3) is 5.91 Å². The van der Waals surface area contributed by atoms with Crippen LogP contribution >= 0.6 is 23.1 Å². The number of hydrogen-bond donors (Lipinski definition) is 2. The number of amides is 2. The van der Waals surface area contributed by atoms with Crippen molar-refractivity contribution in [2.75, 3.05) is 11.1 Å². The Morgan fingerprint density at radius 3 is 2.65 bits per heavy atom. The van der Waals surface area contributed by atoms with E-state index >= 15 is 0 Å². The highest BCUT2D eigenvalue weighted by Crippen LogP contribution is 2.23. The van der Waals surface area contributed by atoms with Gasteiger partial charge < -0.3 is 11.1 Å². The molecule has 0 saturated carbocycles.